The van der Waals surface area contributed by atoms with E-state index >= 15 is 0 Å². The summed E-state index contributed by atoms with van der Waals surface area (Å²) in [7, 11) is 0. The molecule has 0 fully saturated rings. The van der Waals surface area contributed by atoms with Crippen molar-refractivity contribution in [3.63, 3.8) is 0 Å². The Morgan fingerprint density at radius 1 is 0.719 bits per heavy atom. The standard InChI is InChI=1S/C28H22N4/c1-19-16-17-23-22-14-8-9-15-24(22)32(25(23)18-19)28-30-26(20-10-4-2-5-11-20)29-27(31-28)21-12-6-3-7-13-21/h2,4-6,8-18H,3,7H2,1H3. The Kier molecular flexibility index (Phi) is 4.43. The van der Waals surface area contributed by atoms with Crippen LogP contribution in [0.3, 0.4) is 0 Å². The van der Waals surface area contributed by atoms with Crippen LogP contribution in [0.4, 0.5) is 0 Å². The number of para-hydroxylation sites is 1. The number of nitrogens with zero attached hydrogens (tertiary/aromatic N) is 4. The van der Waals surface area contributed by atoms with Crippen LogP contribution in [-0.2, 0) is 0 Å². The molecule has 0 unspecified atom stereocenters. The van der Waals surface area contributed by atoms with Gasteiger partial charge in [-0.1, -0.05) is 78.9 Å². The van der Waals surface area contributed by atoms with Crippen LogP contribution in [0.15, 0.2) is 91.0 Å². The van der Waals surface area contributed by atoms with Gasteiger partial charge in [-0.25, -0.2) is 4.98 Å². The maximum Gasteiger partial charge on any atom is 0.238 e. The van der Waals surface area contributed by atoms with E-state index in [1.54, 1.807) is 0 Å². The predicted octanol–water partition coefficient (Wildman–Crippen LogP) is 6.68. The minimum Gasteiger partial charge on any atom is -0.278 e. The van der Waals surface area contributed by atoms with E-state index in [4.69, 9.17) is 15.0 Å². The first-order valence-corrected chi connectivity index (χ1v) is 11.0. The number of allylic oxidation sites excluding steroid dienone is 4. The number of hydrogen-bond donors (Lipinski definition) is 0. The van der Waals surface area contributed by atoms with Gasteiger partial charge in [-0.15, -0.1) is 0 Å². The van der Waals surface area contributed by atoms with Gasteiger partial charge in [0.15, 0.2) is 11.6 Å². The maximum atomic E-state index is 4.98. The van der Waals surface area contributed by atoms with Gasteiger partial charge in [-0.05, 0) is 37.5 Å². The molecule has 4 nitrogen and oxygen atoms in total. The van der Waals surface area contributed by atoms with Gasteiger partial charge in [0.2, 0.25) is 5.95 Å². The highest BCUT2D eigenvalue weighted by atomic mass is 15.2. The van der Waals surface area contributed by atoms with E-state index in [1.807, 2.05) is 30.3 Å². The normalized spacial score (nSPS) is 13.6. The fraction of sp³-hybridized carbons (Fsp3) is 0.107. The Morgan fingerprint density at radius 2 is 1.50 bits per heavy atom. The quantitative estimate of drug-likeness (QED) is 0.331. The summed E-state index contributed by atoms with van der Waals surface area (Å²) in [5.74, 6) is 2.04. The fourth-order valence-electron chi connectivity index (χ4n) is 4.39. The average Bonchev–Trinajstić information content (AvgIpc) is 3.18. The monoisotopic (exact) mass is 414 g/mol. The van der Waals surface area contributed by atoms with Gasteiger partial charge in [-0.2, -0.15) is 9.97 Å². The zero-order valence-electron chi connectivity index (χ0n) is 17.9. The molecule has 1 aliphatic rings. The van der Waals surface area contributed by atoms with Gasteiger partial charge in [0.05, 0.1) is 11.0 Å². The van der Waals surface area contributed by atoms with Gasteiger partial charge in [0, 0.05) is 21.9 Å². The first kappa shape index (κ1) is 18.7. The summed E-state index contributed by atoms with van der Waals surface area (Å²) in [6.07, 6.45) is 8.57. The molecule has 2 aromatic heterocycles. The molecule has 0 N–H and O–H groups in total. The summed E-state index contributed by atoms with van der Waals surface area (Å²) in [5, 5.41) is 2.40. The van der Waals surface area contributed by atoms with Crippen LogP contribution in [0.25, 0.3) is 44.7 Å². The smallest absolute Gasteiger partial charge is 0.238 e. The number of aryl methyl sites for hydroxylation is 1. The van der Waals surface area contributed by atoms with Crippen molar-refractivity contribution < 1.29 is 0 Å². The van der Waals surface area contributed by atoms with E-state index in [-0.39, 0.29) is 0 Å². The molecule has 4 heteroatoms. The second kappa shape index (κ2) is 7.57. The SMILES string of the molecule is Cc1ccc2c3ccccc3n(-c3nc(C4=CCCC=C4)nc(-c4ccccc4)n3)c2c1. The third-order valence-electron chi connectivity index (χ3n) is 5.94. The van der Waals surface area contributed by atoms with Crippen LogP contribution in [0.5, 0.6) is 0 Å². The molecule has 0 aliphatic heterocycles. The molecule has 0 saturated heterocycles. The first-order chi connectivity index (χ1) is 15.8. The largest absolute Gasteiger partial charge is 0.278 e. The number of rotatable bonds is 3. The second-order valence-electron chi connectivity index (χ2n) is 8.16. The zero-order valence-corrected chi connectivity index (χ0v) is 17.9. The topological polar surface area (TPSA) is 43.6 Å². The summed E-state index contributed by atoms with van der Waals surface area (Å²) < 4.78 is 2.17. The van der Waals surface area contributed by atoms with Crippen LogP contribution < -0.4 is 0 Å². The number of hydrogen-bond acceptors (Lipinski definition) is 3. The second-order valence-corrected chi connectivity index (χ2v) is 8.16. The molecule has 0 amide bonds. The molecule has 154 valence electrons. The highest BCUT2D eigenvalue weighted by Crippen LogP contribution is 2.32. The Balaban J connectivity index is 1.68. The van der Waals surface area contributed by atoms with Crippen molar-refractivity contribution in [1.82, 2.24) is 19.5 Å². The van der Waals surface area contributed by atoms with E-state index in [2.05, 4.69) is 72.2 Å². The van der Waals surface area contributed by atoms with Crippen molar-refractivity contribution in [2.45, 2.75) is 19.8 Å². The van der Waals surface area contributed by atoms with Crippen molar-refractivity contribution in [3.8, 4) is 17.3 Å². The summed E-state index contributed by atoms with van der Waals surface area (Å²) in [5.41, 5.74) is 5.44. The third-order valence-corrected chi connectivity index (χ3v) is 5.94. The lowest BCUT2D eigenvalue weighted by Gasteiger charge is -2.12. The first-order valence-electron chi connectivity index (χ1n) is 11.0. The molecule has 0 saturated carbocycles. The molecule has 5 aromatic rings. The van der Waals surface area contributed by atoms with Crippen molar-refractivity contribution >= 4 is 27.4 Å². The van der Waals surface area contributed by atoms with Crippen LogP contribution in [0, 0.1) is 6.92 Å². The van der Waals surface area contributed by atoms with Crippen molar-refractivity contribution in [3.05, 3.63) is 102 Å². The maximum absolute atomic E-state index is 4.98. The van der Waals surface area contributed by atoms with Crippen LogP contribution >= 0.6 is 0 Å². The molecular weight excluding hydrogens is 392 g/mol. The van der Waals surface area contributed by atoms with Crippen molar-refractivity contribution in [2.24, 2.45) is 0 Å². The van der Waals surface area contributed by atoms with Gasteiger partial charge in [0.1, 0.15) is 0 Å². The fourth-order valence-corrected chi connectivity index (χ4v) is 4.39. The summed E-state index contributed by atoms with van der Waals surface area (Å²) in [6.45, 7) is 2.12. The molecule has 3 aromatic carbocycles. The number of aromatic nitrogens is 4. The molecule has 2 heterocycles. The lowest BCUT2D eigenvalue weighted by molar-refractivity contribution is 0.927. The van der Waals surface area contributed by atoms with Gasteiger partial charge in [0.25, 0.3) is 0 Å². The van der Waals surface area contributed by atoms with Crippen molar-refractivity contribution in [2.75, 3.05) is 0 Å². The lowest BCUT2D eigenvalue weighted by atomic mass is 10.1. The van der Waals surface area contributed by atoms with Crippen LogP contribution in [0.1, 0.15) is 24.2 Å². The predicted molar refractivity (Wildman–Crippen MR) is 131 cm³/mol. The van der Waals surface area contributed by atoms with Crippen molar-refractivity contribution in [1.29, 1.82) is 0 Å². The van der Waals surface area contributed by atoms with Gasteiger partial charge >= 0.3 is 0 Å². The highest BCUT2D eigenvalue weighted by molar-refractivity contribution is 6.09. The minimum atomic E-state index is 0.644. The van der Waals surface area contributed by atoms with Gasteiger partial charge in [-0.3, -0.25) is 4.57 Å². The Morgan fingerprint density at radius 3 is 2.34 bits per heavy atom. The van der Waals surface area contributed by atoms with E-state index in [1.165, 1.54) is 16.3 Å². The third kappa shape index (κ3) is 3.12. The summed E-state index contributed by atoms with van der Waals surface area (Å²) in [4.78, 5) is 14.8. The Labute approximate surface area is 186 Å². The average molecular weight is 415 g/mol. The van der Waals surface area contributed by atoms with E-state index in [9.17, 15) is 0 Å². The van der Waals surface area contributed by atoms with Gasteiger partial charge < -0.3 is 0 Å². The highest BCUT2D eigenvalue weighted by Gasteiger charge is 2.18. The molecule has 6 rings (SSSR count). The lowest BCUT2D eigenvalue weighted by Crippen LogP contribution is -2.08. The summed E-state index contributed by atoms with van der Waals surface area (Å²) in [6, 6.07) is 25.1. The molecule has 0 bridgehead atoms. The molecule has 1 aliphatic carbocycles. The number of benzene rings is 3. The van der Waals surface area contributed by atoms with Crippen LogP contribution in [-0.4, -0.2) is 19.5 Å². The Hall–Kier alpha value is -4.05. The van der Waals surface area contributed by atoms with E-state index in [0.29, 0.717) is 17.6 Å². The molecular formula is C28H22N4. The summed E-state index contributed by atoms with van der Waals surface area (Å²) >= 11 is 0. The van der Waals surface area contributed by atoms with Crippen LogP contribution in [0.2, 0.25) is 0 Å². The minimum absolute atomic E-state index is 0.644. The van der Waals surface area contributed by atoms with E-state index < -0.39 is 0 Å². The molecule has 0 atom stereocenters. The van der Waals surface area contributed by atoms with E-state index in [0.717, 1.165) is 35.0 Å². The Bertz CT molecular complexity index is 1520. The number of fused-ring (bicyclic) bond motifs is 3. The zero-order chi connectivity index (χ0) is 21.5. The molecule has 0 radical (unpaired) electrons. The molecule has 32 heavy (non-hydrogen) atoms. The molecule has 0 spiro atoms.